The average Bonchev–Trinajstić information content (AvgIpc) is 3.00. The molecule has 1 aromatic heterocycles. The molecule has 4 aromatic rings. The van der Waals surface area contributed by atoms with Crippen molar-refractivity contribution in [2.45, 2.75) is 6.92 Å². The third-order valence-corrected chi connectivity index (χ3v) is 5.59. The third kappa shape index (κ3) is 3.88. The summed E-state index contributed by atoms with van der Waals surface area (Å²) < 4.78 is 72.1. The molecule has 0 aliphatic carbocycles. The number of halogens is 6. The number of anilines is 2. The van der Waals surface area contributed by atoms with E-state index < -0.39 is 29.1 Å². The fourth-order valence-corrected chi connectivity index (χ4v) is 4.07. The van der Waals surface area contributed by atoms with Crippen LogP contribution in [0.2, 0.25) is 0 Å². The Morgan fingerprint density at radius 3 is 2.19 bits per heavy atom. The van der Waals surface area contributed by atoms with Crippen molar-refractivity contribution in [3.05, 3.63) is 87.8 Å². The number of aromatic nitrogens is 2. The zero-order valence-electron chi connectivity index (χ0n) is 16.8. The lowest BCUT2D eigenvalue weighted by Gasteiger charge is -2.16. The Kier molecular flexibility index (Phi) is 5.77. The van der Waals surface area contributed by atoms with Crippen LogP contribution in [0.4, 0.5) is 33.5 Å². The first-order chi connectivity index (χ1) is 15.2. The van der Waals surface area contributed by atoms with Crippen molar-refractivity contribution in [3.8, 4) is 22.3 Å². The monoisotopic (exact) mass is 507 g/mol. The molecule has 3 aromatic carbocycles. The first-order valence-electron chi connectivity index (χ1n) is 9.37. The molecule has 0 amide bonds. The summed E-state index contributed by atoms with van der Waals surface area (Å²) in [6.45, 7) is 1.66. The van der Waals surface area contributed by atoms with Gasteiger partial charge in [0.05, 0.1) is 11.4 Å². The Bertz CT molecular complexity index is 1310. The van der Waals surface area contributed by atoms with E-state index in [-0.39, 0.29) is 32.7 Å². The number of nitrogens with zero attached hydrogens (tertiary/aromatic N) is 2. The second kappa shape index (κ2) is 8.38. The molecule has 32 heavy (non-hydrogen) atoms. The van der Waals surface area contributed by atoms with Crippen molar-refractivity contribution >= 4 is 27.4 Å². The molecule has 1 N–H and O–H groups in total. The Morgan fingerprint density at radius 2 is 1.53 bits per heavy atom. The summed E-state index contributed by atoms with van der Waals surface area (Å²) in [6, 6.07) is 9.13. The fourth-order valence-electron chi connectivity index (χ4n) is 3.56. The molecule has 0 bridgehead atoms. The highest BCUT2D eigenvalue weighted by Gasteiger charge is 2.24. The standard InChI is InChI=1S/C23H15BrF5N3/c1-11-19(23(32(2)31-11)30-22-16(24)9-14(26)10-18(22)28)15-7-8-17(27)21(29)20(15)12-3-5-13(25)6-4-12/h3-10,30H,1-2H3. The Morgan fingerprint density at radius 1 is 0.844 bits per heavy atom. The van der Waals surface area contributed by atoms with Crippen LogP contribution in [0, 0.1) is 36.0 Å². The molecule has 0 unspecified atom stereocenters. The molecule has 164 valence electrons. The van der Waals surface area contributed by atoms with Gasteiger partial charge >= 0.3 is 0 Å². The molecule has 0 saturated carbocycles. The van der Waals surface area contributed by atoms with E-state index in [9.17, 15) is 22.0 Å². The molecule has 0 spiro atoms. The summed E-state index contributed by atoms with van der Waals surface area (Å²) in [5.74, 6) is -4.06. The Balaban J connectivity index is 1.95. The minimum Gasteiger partial charge on any atom is -0.337 e. The lowest BCUT2D eigenvalue weighted by Crippen LogP contribution is -2.04. The molecule has 0 atom stereocenters. The van der Waals surface area contributed by atoms with Gasteiger partial charge in [0, 0.05) is 28.7 Å². The number of aryl methyl sites for hydroxylation is 2. The van der Waals surface area contributed by atoms with Crippen molar-refractivity contribution in [1.82, 2.24) is 9.78 Å². The zero-order chi connectivity index (χ0) is 23.2. The maximum Gasteiger partial charge on any atom is 0.167 e. The van der Waals surface area contributed by atoms with Gasteiger partial charge in [0.15, 0.2) is 17.5 Å². The van der Waals surface area contributed by atoms with Gasteiger partial charge in [-0.15, -0.1) is 0 Å². The third-order valence-electron chi connectivity index (χ3n) is 4.97. The van der Waals surface area contributed by atoms with Crippen LogP contribution in [0.25, 0.3) is 22.3 Å². The van der Waals surface area contributed by atoms with Gasteiger partial charge in [-0.25, -0.2) is 22.0 Å². The highest BCUT2D eigenvalue weighted by Crippen LogP contribution is 2.42. The number of hydrogen-bond donors (Lipinski definition) is 1. The van der Waals surface area contributed by atoms with Gasteiger partial charge < -0.3 is 5.32 Å². The second-order valence-corrected chi connectivity index (χ2v) is 7.95. The molecule has 0 aliphatic rings. The SMILES string of the molecule is Cc1nn(C)c(Nc2c(F)cc(F)cc2Br)c1-c1ccc(F)c(F)c1-c1ccc(F)cc1. The lowest BCUT2D eigenvalue weighted by molar-refractivity contribution is 0.511. The van der Waals surface area contributed by atoms with E-state index >= 15 is 0 Å². The van der Waals surface area contributed by atoms with E-state index in [1.807, 2.05) is 0 Å². The average molecular weight is 508 g/mol. The minimum atomic E-state index is -1.11. The molecule has 9 heteroatoms. The largest absolute Gasteiger partial charge is 0.337 e. The quantitative estimate of drug-likeness (QED) is 0.294. The van der Waals surface area contributed by atoms with E-state index in [4.69, 9.17) is 0 Å². The van der Waals surface area contributed by atoms with Gasteiger partial charge in [0.25, 0.3) is 0 Å². The van der Waals surface area contributed by atoms with Crippen LogP contribution in [0.15, 0.2) is 53.0 Å². The van der Waals surface area contributed by atoms with Gasteiger partial charge in [0.1, 0.15) is 17.5 Å². The predicted molar refractivity (Wildman–Crippen MR) is 116 cm³/mol. The van der Waals surface area contributed by atoms with E-state index in [0.29, 0.717) is 11.3 Å². The minimum absolute atomic E-state index is 0.0541. The summed E-state index contributed by atoms with van der Waals surface area (Å²) in [5.41, 5.74) is 1.19. The van der Waals surface area contributed by atoms with E-state index in [0.717, 1.165) is 30.3 Å². The molecule has 1 heterocycles. The number of rotatable bonds is 4. The van der Waals surface area contributed by atoms with Gasteiger partial charge in [-0.05, 0) is 58.2 Å². The molecule has 0 radical (unpaired) electrons. The molecule has 4 rings (SSSR count). The van der Waals surface area contributed by atoms with E-state index in [1.54, 1.807) is 14.0 Å². The van der Waals surface area contributed by atoms with Crippen molar-refractivity contribution in [1.29, 1.82) is 0 Å². The summed E-state index contributed by atoms with van der Waals surface area (Å²) in [7, 11) is 1.59. The van der Waals surface area contributed by atoms with E-state index in [2.05, 4.69) is 26.3 Å². The van der Waals surface area contributed by atoms with Gasteiger partial charge in [-0.1, -0.05) is 18.2 Å². The van der Waals surface area contributed by atoms with Crippen molar-refractivity contribution < 1.29 is 22.0 Å². The van der Waals surface area contributed by atoms with Gasteiger partial charge in [0.2, 0.25) is 0 Å². The van der Waals surface area contributed by atoms with Crippen molar-refractivity contribution in [3.63, 3.8) is 0 Å². The highest BCUT2D eigenvalue weighted by molar-refractivity contribution is 9.10. The molecule has 0 saturated heterocycles. The fraction of sp³-hybridized carbons (Fsp3) is 0.0870. The van der Waals surface area contributed by atoms with Crippen LogP contribution < -0.4 is 5.32 Å². The number of benzene rings is 3. The summed E-state index contributed by atoms with van der Waals surface area (Å²) in [4.78, 5) is 0. The molecular weight excluding hydrogens is 493 g/mol. The van der Waals surface area contributed by atoms with Crippen molar-refractivity contribution in [2.24, 2.45) is 7.05 Å². The first kappa shape index (κ1) is 22.0. The van der Waals surface area contributed by atoms with Crippen LogP contribution in [-0.4, -0.2) is 9.78 Å². The first-order valence-corrected chi connectivity index (χ1v) is 10.2. The number of nitrogens with one attached hydrogen (secondary N) is 1. The Labute approximate surface area is 188 Å². The van der Waals surface area contributed by atoms with Crippen LogP contribution >= 0.6 is 15.9 Å². The van der Waals surface area contributed by atoms with Crippen LogP contribution in [0.3, 0.4) is 0 Å². The molecular formula is C23H15BrF5N3. The summed E-state index contributed by atoms with van der Waals surface area (Å²) in [5, 5.41) is 7.21. The second-order valence-electron chi connectivity index (χ2n) is 7.09. The normalized spacial score (nSPS) is 11.1. The van der Waals surface area contributed by atoms with Gasteiger partial charge in [-0.3, -0.25) is 4.68 Å². The highest BCUT2D eigenvalue weighted by atomic mass is 79.9. The topological polar surface area (TPSA) is 29.9 Å². The maximum atomic E-state index is 15.0. The van der Waals surface area contributed by atoms with E-state index in [1.165, 1.54) is 22.9 Å². The van der Waals surface area contributed by atoms with Gasteiger partial charge in [-0.2, -0.15) is 5.10 Å². The Hall–Kier alpha value is -3.20. The molecule has 3 nitrogen and oxygen atoms in total. The smallest absolute Gasteiger partial charge is 0.167 e. The lowest BCUT2D eigenvalue weighted by atomic mass is 9.93. The van der Waals surface area contributed by atoms with Crippen LogP contribution in [0.5, 0.6) is 0 Å². The zero-order valence-corrected chi connectivity index (χ0v) is 18.4. The van der Waals surface area contributed by atoms with Crippen LogP contribution in [0.1, 0.15) is 5.69 Å². The van der Waals surface area contributed by atoms with Crippen LogP contribution in [-0.2, 0) is 7.05 Å². The molecule has 0 fully saturated rings. The van der Waals surface area contributed by atoms with Crippen molar-refractivity contribution in [2.75, 3.05) is 5.32 Å². The maximum absolute atomic E-state index is 15.0. The number of hydrogen-bond acceptors (Lipinski definition) is 2. The predicted octanol–water partition coefficient (Wildman–Crippen LogP) is 7.26. The summed E-state index contributed by atoms with van der Waals surface area (Å²) >= 11 is 3.13. The summed E-state index contributed by atoms with van der Waals surface area (Å²) in [6.07, 6.45) is 0. The molecule has 0 aliphatic heterocycles.